The number of Topliss-reactive ketones (excluding diaryl/α,β-unsaturated/α-hetero) is 1. The van der Waals surface area contributed by atoms with E-state index < -0.39 is 10.8 Å². The van der Waals surface area contributed by atoms with Crippen molar-refractivity contribution in [1.82, 2.24) is 0 Å². The molecule has 3 fully saturated rings. The van der Waals surface area contributed by atoms with E-state index in [-0.39, 0.29) is 51.9 Å². The molecule has 0 amide bonds. The quantitative estimate of drug-likeness (QED) is 0.364. The summed E-state index contributed by atoms with van der Waals surface area (Å²) in [6.45, 7) is 17.6. The van der Waals surface area contributed by atoms with Crippen molar-refractivity contribution >= 4 is 17.7 Å². The van der Waals surface area contributed by atoms with E-state index in [1.54, 1.807) is 0 Å². The smallest absolute Gasteiger partial charge is 0.312 e. The maximum Gasteiger partial charge on any atom is 0.312 e. The summed E-state index contributed by atoms with van der Waals surface area (Å²) in [5.74, 6) is 0.581. The zero-order valence-corrected chi connectivity index (χ0v) is 25.1. The molecule has 0 radical (unpaired) electrons. The van der Waals surface area contributed by atoms with E-state index in [1.165, 1.54) is 25.2 Å². The first-order valence-electron chi connectivity index (χ1n) is 14.7. The van der Waals surface area contributed by atoms with E-state index in [0.717, 1.165) is 38.5 Å². The fourth-order valence-electron chi connectivity index (χ4n) is 10.4. The molecule has 0 aromatic heterocycles. The van der Waals surface area contributed by atoms with Gasteiger partial charge >= 0.3 is 11.9 Å². The summed E-state index contributed by atoms with van der Waals surface area (Å²) < 4.78 is 11.0. The molecule has 0 spiro atoms. The molecule has 0 unspecified atom stereocenters. The van der Waals surface area contributed by atoms with E-state index in [0.29, 0.717) is 18.3 Å². The van der Waals surface area contributed by atoms with Crippen molar-refractivity contribution < 1.29 is 23.9 Å². The summed E-state index contributed by atoms with van der Waals surface area (Å²) >= 11 is 0. The van der Waals surface area contributed by atoms with E-state index >= 15 is 0 Å². The molecule has 0 saturated heterocycles. The summed E-state index contributed by atoms with van der Waals surface area (Å²) in [6, 6.07) is 0. The van der Waals surface area contributed by atoms with Crippen LogP contribution in [0, 0.1) is 44.3 Å². The first-order valence-corrected chi connectivity index (χ1v) is 14.7. The third kappa shape index (κ3) is 3.38. The van der Waals surface area contributed by atoms with Crippen LogP contribution in [0.15, 0.2) is 23.3 Å². The van der Waals surface area contributed by atoms with Gasteiger partial charge < -0.3 is 9.47 Å². The Balaban J connectivity index is 1.61. The van der Waals surface area contributed by atoms with Gasteiger partial charge in [-0.2, -0.15) is 0 Å². The molecule has 5 heteroatoms. The molecular weight excluding hydrogens is 476 g/mol. The van der Waals surface area contributed by atoms with Gasteiger partial charge in [0.1, 0.15) is 11.9 Å². The van der Waals surface area contributed by atoms with Crippen LogP contribution < -0.4 is 0 Å². The minimum atomic E-state index is -0.805. The molecule has 5 aliphatic carbocycles. The Morgan fingerprint density at radius 3 is 2.24 bits per heavy atom. The number of hydrogen-bond donors (Lipinski definition) is 0. The molecule has 0 aliphatic heterocycles. The lowest BCUT2D eigenvalue weighted by molar-refractivity contribution is -0.197. The van der Waals surface area contributed by atoms with Gasteiger partial charge in [0, 0.05) is 24.2 Å². The fourth-order valence-corrected chi connectivity index (χ4v) is 10.4. The number of rotatable bonds is 2. The summed E-state index contributed by atoms with van der Waals surface area (Å²) in [6.07, 6.45) is 11.6. The zero-order chi connectivity index (χ0) is 28.1. The zero-order valence-electron chi connectivity index (χ0n) is 25.1. The highest BCUT2D eigenvalue weighted by atomic mass is 16.5. The average Bonchev–Trinajstić information content (AvgIpc) is 2.82. The molecule has 0 N–H and O–H groups in total. The predicted octanol–water partition coefficient (Wildman–Crippen LogP) is 6.99. The maximum atomic E-state index is 13.6. The number of carbonyl (C=O) groups is 3. The Labute approximate surface area is 229 Å². The van der Waals surface area contributed by atoms with Gasteiger partial charge in [-0.25, -0.2) is 0 Å². The van der Waals surface area contributed by atoms with Gasteiger partial charge in [0.2, 0.25) is 0 Å². The molecule has 3 saturated carbocycles. The lowest BCUT2D eigenvalue weighted by atomic mass is 9.35. The average molecular weight is 525 g/mol. The van der Waals surface area contributed by atoms with Crippen LogP contribution >= 0.6 is 0 Å². The second-order valence-corrected chi connectivity index (χ2v) is 15.2. The topological polar surface area (TPSA) is 69.7 Å². The molecule has 0 heterocycles. The summed E-state index contributed by atoms with van der Waals surface area (Å²) in [5.41, 5.74) is 1.18. The van der Waals surface area contributed by atoms with E-state index in [2.05, 4.69) is 53.7 Å². The van der Waals surface area contributed by atoms with Gasteiger partial charge in [0.25, 0.3) is 0 Å². The molecule has 0 aromatic rings. The molecule has 5 nitrogen and oxygen atoms in total. The van der Waals surface area contributed by atoms with Crippen molar-refractivity contribution in [2.75, 3.05) is 7.11 Å². The number of allylic oxidation sites excluding steroid dienone is 4. The number of carbonyl (C=O) groups excluding carboxylic acids is 3. The number of ketones is 1. The Kier molecular flexibility index (Phi) is 6.04. The molecule has 38 heavy (non-hydrogen) atoms. The summed E-state index contributed by atoms with van der Waals surface area (Å²) in [7, 11) is 1.43. The third-order valence-corrected chi connectivity index (χ3v) is 13.0. The van der Waals surface area contributed by atoms with Gasteiger partial charge in [-0.15, -0.1) is 0 Å². The summed E-state index contributed by atoms with van der Waals surface area (Å²) in [4.78, 5) is 38.4. The number of methoxy groups -OCH3 is 1. The van der Waals surface area contributed by atoms with Crippen molar-refractivity contribution in [3.05, 3.63) is 23.3 Å². The molecule has 5 aliphatic rings. The van der Waals surface area contributed by atoms with Gasteiger partial charge in [0.15, 0.2) is 0 Å². The van der Waals surface area contributed by atoms with Crippen LogP contribution in [0.25, 0.3) is 0 Å². The predicted molar refractivity (Wildman–Crippen MR) is 147 cm³/mol. The molecule has 5 rings (SSSR count). The largest absolute Gasteiger partial charge is 0.469 e. The van der Waals surface area contributed by atoms with Crippen molar-refractivity contribution in [3.8, 4) is 0 Å². The van der Waals surface area contributed by atoms with Crippen LogP contribution in [0.2, 0.25) is 0 Å². The highest BCUT2D eigenvalue weighted by Gasteiger charge is 2.67. The highest BCUT2D eigenvalue weighted by molar-refractivity contribution is 5.95. The number of fused-ring (bicyclic) bond motifs is 6. The third-order valence-electron chi connectivity index (χ3n) is 13.0. The molecular formula is C33H48O5. The van der Waals surface area contributed by atoms with Gasteiger partial charge in [-0.3, -0.25) is 14.4 Å². The van der Waals surface area contributed by atoms with Crippen LogP contribution in [-0.2, 0) is 23.9 Å². The number of esters is 2. The van der Waals surface area contributed by atoms with Crippen LogP contribution in [0.1, 0.15) is 107 Å². The highest BCUT2D eigenvalue weighted by Crippen LogP contribution is 2.74. The first kappa shape index (κ1) is 27.6. The Morgan fingerprint density at radius 2 is 1.61 bits per heavy atom. The normalized spacial score (nSPS) is 47.3. The molecule has 8 atom stereocenters. The lowest BCUT2D eigenvalue weighted by Gasteiger charge is -2.69. The fraction of sp³-hybridized carbons (Fsp3) is 0.788. The standard InChI is InChI=1S/C33H48O5/c1-20(34)38-26-13-14-31(6)23(28(26,2)3)12-15-33(8)24(31)11-10-21-22-18-29(4,27(36)37-9)19-25(35)30(22,5)16-17-32(21,33)7/h10-11,23-24,26H,12-19H2,1-9H3/t23-,24-,26+,29-,30-,31+,32-,33-/m1/s1. The molecule has 0 bridgehead atoms. The van der Waals surface area contributed by atoms with Gasteiger partial charge in [-0.05, 0) is 92.4 Å². The molecule has 210 valence electrons. The molecule has 0 aromatic carbocycles. The van der Waals surface area contributed by atoms with Gasteiger partial charge in [-0.1, -0.05) is 52.3 Å². The second-order valence-electron chi connectivity index (χ2n) is 15.2. The SMILES string of the molecule is COC(=O)[C@@]1(C)CC(=O)[C@]2(C)CC[C@]3(C)C(=C2C1)C=C[C@@H]1[C@@]2(C)CC[C@H](OC(C)=O)C(C)(C)[C@H]2CC[C@]13C. The summed E-state index contributed by atoms with van der Waals surface area (Å²) in [5, 5.41) is 0. The van der Waals surface area contributed by atoms with Gasteiger partial charge in [0.05, 0.1) is 12.5 Å². The van der Waals surface area contributed by atoms with Crippen molar-refractivity contribution in [2.24, 2.45) is 44.3 Å². The van der Waals surface area contributed by atoms with Crippen LogP contribution in [-0.4, -0.2) is 30.9 Å². The van der Waals surface area contributed by atoms with E-state index in [4.69, 9.17) is 9.47 Å². The number of hydrogen-bond acceptors (Lipinski definition) is 5. The minimum Gasteiger partial charge on any atom is -0.469 e. The first-order chi connectivity index (χ1) is 17.5. The van der Waals surface area contributed by atoms with Crippen LogP contribution in [0.3, 0.4) is 0 Å². The van der Waals surface area contributed by atoms with Crippen LogP contribution in [0.4, 0.5) is 0 Å². The minimum absolute atomic E-state index is 0.0390. The number of ether oxygens (including phenoxy) is 2. The Bertz CT molecular complexity index is 1150. The van der Waals surface area contributed by atoms with Crippen molar-refractivity contribution in [2.45, 2.75) is 113 Å². The Hall–Kier alpha value is -1.91. The van der Waals surface area contributed by atoms with E-state index in [1.807, 2.05) is 6.92 Å². The maximum absolute atomic E-state index is 13.6. The van der Waals surface area contributed by atoms with Crippen molar-refractivity contribution in [1.29, 1.82) is 0 Å². The Morgan fingerprint density at radius 1 is 0.921 bits per heavy atom. The van der Waals surface area contributed by atoms with E-state index in [9.17, 15) is 14.4 Å². The van der Waals surface area contributed by atoms with Crippen molar-refractivity contribution in [3.63, 3.8) is 0 Å². The van der Waals surface area contributed by atoms with Crippen LogP contribution in [0.5, 0.6) is 0 Å². The second kappa shape index (κ2) is 8.30. The lowest BCUT2D eigenvalue weighted by Crippen LogP contribution is -2.63. The monoisotopic (exact) mass is 524 g/mol.